The molecule has 0 aliphatic heterocycles. The van der Waals surface area contributed by atoms with Crippen molar-refractivity contribution in [1.82, 2.24) is 4.72 Å². The van der Waals surface area contributed by atoms with E-state index in [2.05, 4.69) is 10.0 Å². The van der Waals surface area contributed by atoms with Gasteiger partial charge in [0.2, 0.25) is 10.0 Å². The van der Waals surface area contributed by atoms with Gasteiger partial charge in [-0.25, -0.2) is 17.9 Å². The van der Waals surface area contributed by atoms with Crippen LogP contribution < -0.4 is 10.0 Å². The van der Waals surface area contributed by atoms with Gasteiger partial charge in [-0.15, -0.1) is 0 Å². The van der Waals surface area contributed by atoms with Crippen LogP contribution in [0.25, 0.3) is 0 Å². The Balaban J connectivity index is 2.54. The number of anilines is 1. The summed E-state index contributed by atoms with van der Waals surface area (Å²) in [5.74, 6) is -1.09. The molecule has 8 heteroatoms. The summed E-state index contributed by atoms with van der Waals surface area (Å²) in [5.41, 5.74) is 0.650. The van der Waals surface area contributed by atoms with Crippen molar-refractivity contribution in [2.45, 2.75) is 0 Å². The Hall–Kier alpha value is -1.31. The topological polar surface area (TPSA) is 95.5 Å². The summed E-state index contributed by atoms with van der Waals surface area (Å²) < 4.78 is 23.9. The van der Waals surface area contributed by atoms with Crippen LogP contribution >= 0.6 is 11.6 Å². The normalized spacial score (nSPS) is 11.2. The average Bonchev–Trinajstić information content (AvgIpc) is 2.22. The van der Waals surface area contributed by atoms with Crippen molar-refractivity contribution >= 4 is 33.3 Å². The highest BCUT2D eigenvalue weighted by molar-refractivity contribution is 7.88. The zero-order chi connectivity index (χ0) is 13.8. The van der Waals surface area contributed by atoms with Gasteiger partial charge < -0.3 is 10.4 Å². The van der Waals surface area contributed by atoms with Gasteiger partial charge in [-0.05, 0) is 18.2 Å². The van der Waals surface area contributed by atoms with E-state index < -0.39 is 16.0 Å². The molecular weight excluding hydrogens is 280 g/mol. The van der Waals surface area contributed by atoms with Gasteiger partial charge in [0.15, 0.2) is 0 Å². The number of carboxylic acid groups (broad SMARTS) is 1. The van der Waals surface area contributed by atoms with E-state index in [1.807, 2.05) is 0 Å². The molecule has 100 valence electrons. The quantitative estimate of drug-likeness (QED) is 0.680. The lowest BCUT2D eigenvalue weighted by molar-refractivity contribution is 0.0697. The molecule has 0 amide bonds. The maximum Gasteiger partial charge on any atom is 0.337 e. The van der Waals surface area contributed by atoms with Crippen molar-refractivity contribution in [3.8, 4) is 0 Å². The van der Waals surface area contributed by atoms with Crippen LogP contribution in [0.4, 0.5) is 5.69 Å². The molecule has 0 saturated carbocycles. The summed E-state index contributed by atoms with van der Waals surface area (Å²) in [6.07, 6.45) is 1.07. The summed E-state index contributed by atoms with van der Waals surface area (Å²) in [6.45, 7) is 0.604. The number of benzene rings is 1. The van der Waals surface area contributed by atoms with E-state index in [-0.39, 0.29) is 17.1 Å². The van der Waals surface area contributed by atoms with Gasteiger partial charge in [-0.1, -0.05) is 11.6 Å². The molecule has 0 aliphatic carbocycles. The Morgan fingerprint density at radius 2 is 2.06 bits per heavy atom. The number of aromatic carboxylic acids is 1. The highest BCUT2D eigenvalue weighted by atomic mass is 35.5. The molecule has 0 radical (unpaired) electrons. The molecule has 0 bridgehead atoms. The van der Waals surface area contributed by atoms with E-state index in [0.29, 0.717) is 12.2 Å². The molecule has 0 heterocycles. The zero-order valence-electron chi connectivity index (χ0n) is 9.60. The first-order valence-corrected chi connectivity index (χ1v) is 7.28. The molecule has 6 nitrogen and oxygen atoms in total. The van der Waals surface area contributed by atoms with Crippen molar-refractivity contribution in [2.24, 2.45) is 0 Å². The van der Waals surface area contributed by atoms with Crippen molar-refractivity contribution < 1.29 is 18.3 Å². The minimum atomic E-state index is -3.20. The third-order valence-electron chi connectivity index (χ3n) is 2.02. The summed E-state index contributed by atoms with van der Waals surface area (Å²) in [5, 5.41) is 11.8. The summed E-state index contributed by atoms with van der Waals surface area (Å²) >= 11 is 5.78. The number of rotatable bonds is 6. The van der Waals surface area contributed by atoms with Crippen molar-refractivity contribution in [2.75, 3.05) is 24.7 Å². The lowest BCUT2D eigenvalue weighted by Crippen LogP contribution is -2.27. The van der Waals surface area contributed by atoms with Gasteiger partial charge in [0.1, 0.15) is 0 Å². The lowest BCUT2D eigenvalue weighted by Gasteiger charge is -2.08. The fraction of sp³-hybridized carbons (Fsp3) is 0.300. The number of carboxylic acids is 1. The van der Waals surface area contributed by atoms with Crippen molar-refractivity contribution in [3.05, 3.63) is 28.8 Å². The van der Waals surface area contributed by atoms with Gasteiger partial charge in [0.25, 0.3) is 0 Å². The van der Waals surface area contributed by atoms with Crippen LogP contribution in [-0.2, 0) is 10.0 Å². The van der Waals surface area contributed by atoms with Gasteiger partial charge in [0, 0.05) is 18.8 Å². The molecule has 0 unspecified atom stereocenters. The SMILES string of the molecule is CS(=O)(=O)NCCNc1ccc(C(=O)O)c(Cl)c1. The van der Waals surface area contributed by atoms with E-state index >= 15 is 0 Å². The standard InChI is InChI=1S/C10H13ClN2O4S/c1-18(16,17)13-5-4-12-7-2-3-8(10(14)15)9(11)6-7/h2-3,6,12-13H,4-5H2,1H3,(H,14,15). The fourth-order valence-corrected chi connectivity index (χ4v) is 1.98. The summed E-state index contributed by atoms with van der Waals surface area (Å²) in [7, 11) is -3.20. The van der Waals surface area contributed by atoms with Gasteiger partial charge in [-0.2, -0.15) is 0 Å². The number of hydrogen-bond donors (Lipinski definition) is 3. The molecule has 0 atom stereocenters. The van der Waals surface area contributed by atoms with Gasteiger partial charge in [-0.3, -0.25) is 0 Å². The molecular formula is C10H13ClN2O4S. The summed E-state index contributed by atoms with van der Waals surface area (Å²) in [4.78, 5) is 10.7. The van der Waals surface area contributed by atoms with Crippen LogP contribution in [0, 0.1) is 0 Å². The molecule has 1 aromatic rings. The Labute approximate surface area is 110 Å². The fourth-order valence-electron chi connectivity index (χ4n) is 1.24. The molecule has 1 rings (SSSR count). The highest BCUT2D eigenvalue weighted by Gasteiger charge is 2.08. The van der Waals surface area contributed by atoms with Gasteiger partial charge in [0.05, 0.1) is 16.8 Å². The molecule has 0 saturated heterocycles. The first-order chi connectivity index (χ1) is 8.29. The van der Waals surface area contributed by atoms with Crippen LogP contribution in [0.5, 0.6) is 0 Å². The first kappa shape index (κ1) is 14.7. The monoisotopic (exact) mass is 292 g/mol. The predicted molar refractivity (Wildman–Crippen MR) is 69.7 cm³/mol. The molecule has 1 aromatic carbocycles. The number of sulfonamides is 1. The number of carbonyl (C=O) groups is 1. The molecule has 3 N–H and O–H groups in total. The molecule has 18 heavy (non-hydrogen) atoms. The van der Waals surface area contributed by atoms with Crippen LogP contribution in [0.1, 0.15) is 10.4 Å². The lowest BCUT2D eigenvalue weighted by atomic mass is 10.2. The van der Waals surface area contributed by atoms with Crippen molar-refractivity contribution in [1.29, 1.82) is 0 Å². The maximum absolute atomic E-state index is 10.8. The number of hydrogen-bond acceptors (Lipinski definition) is 4. The minimum Gasteiger partial charge on any atom is -0.478 e. The van der Waals surface area contributed by atoms with E-state index in [1.54, 1.807) is 6.07 Å². The Morgan fingerprint density at radius 3 is 2.56 bits per heavy atom. The number of nitrogens with one attached hydrogen (secondary N) is 2. The predicted octanol–water partition coefficient (Wildman–Crippen LogP) is 0.999. The van der Waals surface area contributed by atoms with E-state index in [0.717, 1.165) is 6.26 Å². The van der Waals surface area contributed by atoms with Crippen molar-refractivity contribution in [3.63, 3.8) is 0 Å². The van der Waals surface area contributed by atoms with Crippen LogP contribution in [0.3, 0.4) is 0 Å². The largest absolute Gasteiger partial charge is 0.478 e. The smallest absolute Gasteiger partial charge is 0.337 e. The third-order valence-corrected chi connectivity index (χ3v) is 3.06. The Morgan fingerprint density at radius 1 is 1.39 bits per heavy atom. The molecule has 0 aliphatic rings. The summed E-state index contributed by atoms with van der Waals surface area (Å²) in [6, 6.07) is 4.43. The molecule has 0 fully saturated rings. The van der Waals surface area contributed by atoms with Gasteiger partial charge >= 0.3 is 5.97 Å². The Kier molecular flexibility index (Phi) is 4.94. The van der Waals surface area contributed by atoms with E-state index in [9.17, 15) is 13.2 Å². The molecule has 0 aromatic heterocycles. The van der Waals surface area contributed by atoms with Crippen LogP contribution in [0.15, 0.2) is 18.2 Å². The van der Waals surface area contributed by atoms with E-state index in [1.165, 1.54) is 12.1 Å². The maximum atomic E-state index is 10.8. The minimum absolute atomic E-state index is 0.0245. The van der Waals surface area contributed by atoms with E-state index in [4.69, 9.17) is 16.7 Å². The first-order valence-electron chi connectivity index (χ1n) is 5.01. The second-order valence-corrected chi connectivity index (χ2v) is 5.83. The second kappa shape index (κ2) is 6.03. The molecule has 0 spiro atoms. The average molecular weight is 293 g/mol. The number of halogens is 1. The Bertz CT molecular complexity index is 545. The highest BCUT2D eigenvalue weighted by Crippen LogP contribution is 2.20. The zero-order valence-corrected chi connectivity index (χ0v) is 11.2. The van der Waals surface area contributed by atoms with Crippen LogP contribution in [-0.4, -0.2) is 38.8 Å². The third kappa shape index (κ3) is 4.91. The van der Waals surface area contributed by atoms with Crippen LogP contribution in [0.2, 0.25) is 5.02 Å². The second-order valence-electron chi connectivity index (χ2n) is 3.59.